The molecule has 1 amide bonds. The maximum atomic E-state index is 11.8. The molecule has 0 aromatic heterocycles. The average molecular weight is 314 g/mol. The fourth-order valence-electron chi connectivity index (χ4n) is 1.46. The number of amides is 1. The molecule has 4 heteroatoms. The first kappa shape index (κ1) is 15.0. The lowest BCUT2D eigenvalue weighted by Gasteiger charge is -2.26. The largest absolute Gasteiger partial charge is 0.444 e. The Bertz CT molecular complexity index is 405. The summed E-state index contributed by atoms with van der Waals surface area (Å²) < 4.78 is 5.26. The maximum absolute atomic E-state index is 11.8. The Balaban J connectivity index is 2.70. The van der Waals surface area contributed by atoms with Crippen LogP contribution in [0.3, 0.4) is 0 Å². The number of alkyl carbamates (subject to hydrolysis) is 1. The SMILES string of the molecule is CC1(NC(=O)OC(C)(C)C)C=CC=C(CBr)C=C1. The molecule has 0 fully saturated rings. The molecule has 0 bridgehead atoms. The Hall–Kier alpha value is -1.03. The molecule has 0 aliphatic heterocycles. The molecule has 1 rings (SSSR count). The van der Waals surface area contributed by atoms with Crippen molar-refractivity contribution >= 4 is 22.0 Å². The zero-order valence-corrected chi connectivity index (χ0v) is 12.9. The van der Waals surface area contributed by atoms with Gasteiger partial charge in [-0.2, -0.15) is 0 Å². The van der Waals surface area contributed by atoms with Gasteiger partial charge in [-0.05, 0) is 33.3 Å². The average Bonchev–Trinajstić information content (AvgIpc) is 2.37. The zero-order valence-electron chi connectivity index (χ0n) is 11.3. The summed E-state index contributed by atoms with van der Waals surface area (Å²) in [6, 6.07) is 0. The van der Waals surface area contributed by atoms with E-state index in [-0.39, 0.29) is 0 Å². The Morgan fingerprint density at radius 2 is 2.11 bits per heavy atom. The molecule has 1 unspecified atom stereocenters. The number of nitrogens with one attached hydrogen (secondary N) is 1. The van der Waals surface area contributed by atoms with Gasteiger partial charge in [0.25, 0.3) is 0 Å². The van der Waals surface area contributed by atoms with Crippen LogP contribution in [-0.4, -0.2) is 22.6 Å². The third kappa shape index (κ3) is 5.08. The smallest absolute Gasteiger partial charge is 0.408 e. The van der Waals surface area contributed by atoms with E-state index in [0.717, 1.165) is 10.9 Å². The highest BCUT2D eigenvalue weighted by Crippen LogP contribution is 2.17. The standard InChI is InChI=1S/C14H20BrNO2/c1-13(2,3)18-12(17)16-14(4)8-5-6-11(10-15)7-9-14/h5-9H,10H2,1-4H3,(H,16,17). The van der Waals surface area contributed by atoms with Crippen LogP contribution >= 0.6 is 15.9 Å². The minimum Gasteiger partial charge on any atom is -0.444 e. The van der Waals surface area contributed by atoms with E-state index >= 15 is 0 Å². The Kier molecular flexibility index (Phi) is 4.79. The predicted molar refractivity (Wildman–Crippen MR) is 77.9 cm³/mol. The van der Waals surface area contributed by atoms with Crippen molar-refractivity contribution < 1.29 is 9.53 Å². The van der Waals surface area contributed by atoms with Gasteiger partial charge in [0.05, 0.1) is 5.54 Å². The summed E-state index contributed by atoms with van der Waals surface area (Å²) in [6.07, 6.45) is 9.41. The number of carbonyl (C=O) groups excluding carboxylic acids is 1. The van der Waals surface area contributed by atoms with Gasteiger partial charge in [-0.25, -0.2) is 4.79 Å². The van der Waals surface area contributed by atoms with Crippen molar-refractivity contribution in [1.82, 2.24) is 5.32 Å². The number of allylic oxidation sites excluding steroid dienone is 4. The maximum Gasteiger partial charge on any atom is 0.408 e. The van der Waals surface area contributed by atoms with E-state index in [4.69, 9.17) is 4.74 Å². The molecular weight excluding hydrogens is 294 g/mol. The van der Waals surface area contributed by atoms with Gasteiger partial charge in [0.1, 0.15) is 5.60 Å². The lowest BCUT2D eigenvalue weighted by atomic mass is 10.0. The van der Waals surface area contributed by atoms with Gasteiger partial charge in [-0.15, -0.1) is 0 Å². The van der Waals surface area contributed by atoms with Crippen molar-refractivity contribution in [3.8, 4) is 0 Å². The van der Waals surface area contributed by atoms with E-state index in [1.807, 2.05) is 58.1 Å². The second-order valence-electron chi connectivity index (χ2n) is 5.48. The van der Waals surface area contributed by atoms with Gasteiger partial charge >= 0.3 is 6.09 Å². The molecule has 100 valence electrons. The number of ether oxygens (including phenoxy) is 1. The van der Waals surface area contributed by atoms with Gasteiger partial charge in [0.15, 0.2) is 0 Å². The first-order valence-electron chi connectivity index (χ1n) is 5.89. The lowest BCUT2D eigenvalue weighted by Crippen LogP contribution is -2.45. The molecule has 0 saturated heterocycles. The highest BCUT2D eigenvalue weighted by atomic mass is 79.9. The highest BCUT2D eigenvalue weighted by Gasteiger charge is 2.24. The first-order chi connectivity index (χ1) is 8.24. The second kappa shape index (κ2) is 5.74. The van der Waals surface area contributed by atoms with Crippen LogP contribution in [0.4, 0.5) is 4.79 Å². The van der Waals surface area contributed by atoms with Gasteiger partial charge in [-0.3, -0.25) is 0 Å². The van der Waals surface area contributed by atoms with Crippen LogP contribution in [-0.2, 0) is 4.74 Å². The quantitative estimate of drug-likeness (QED) is 0.789. The van der Waals surface area contributed by atoms with E-state index in [0.29, 0.717) is 0 Å². The van der Waals surface area contributed by atoms with Crippen LogP contribution in [0, 0.1) is 0 Å². The molecule has 3 nitrogen and oxygen atoms in total. The Morgan fingerprint density at radius 3 is 2.67 bits per heavy atom. The third-order valence-corrected chi connectivity index (χ3v) is 2.97. The van der Waals surface area contributed by atoms with Crippen LogP contribution in [0.1, 0.15) is 27.7 Å². The number of alkyl halides is 1. The topological polar surface area (TPSA) is 38.3 Å². The van der Waals surface area contributed by atoms with Gasteiger partial charge in [0.2, 0.25) is 0 Å². The Labute approximate surface area is 117 Å². The number of carbonyl (C=O) groups is 1. The van der Waals surface area contributed by atoms with Crippen molar-refractivity contribution in [2.75, 3.05) is 5.33 Å². The molecule has 0 radical (unpaired) electrons. The van der Waals surface area contributed by atoms with Crippen molar-refractivity contribution in [1.29, 1.82) is 0 Å². The summed E-state index contributed by atoms with van der Waals surface area (Å²) >= 11 is 3.41. The molecule has 1 aliphatic carbocycles. The summed E-state index contributed by atoms with van der Waals surface area (Å²) in [5, 5.41) is 3.64. The minimum absolute atomic E-state index is 0.415. The third-order valence-electron chi connectivity index (χ3n) is 2.32. The van der Waals surface area contributed by atoms with Crippen molar-refractivity contribution in [2.24, 2.45) is 0 Å². The fraction of sp³-hybridized carbons (Fsp3) is 0.500. The number of hydrogen-bond acceptors (Lipinski definition) is 2. The molecule has 0 spiro atoms. The van der Waals surface area contributed by atoms with Crippen LogP contribution in [0.2, 0.25) is 0 Å². The molecule has 18 heavy (non-hydrogen) atoms. The molecule has 0 saturated carbocycles. The van der Waals surface area contributed by atoms with E-state index in [2.05, 4.69) is 21.2 Å². The molecule has 1 N–H and O–H groups in total. The number of hydrogen-bond donors (Lipinski definition) is 1. The summed E-state index contributed by atoms with van der Waals surface area (Å²) in [7, 11) is 0. The van der Waals surface area contributed by atoms with Crippen molar-refractivity contribution in [3.05, 3.63) is 36.0 Å². The highest BCUT2D eigenvalue weighted by molar-refractivity contribution is 9.09. The van der Waals surface area contributed by atoms with Gasteiger partial charge in [-0.1, -0.05) is 46.3 Å². The summed E-state index contributed by atoms with van der Waals surface area (Å²) in [6.45, 7) is 7.46. The monoisotopic (exact) mass is 313 g/mol. The summed E-state index contributed by atoms with van der Waals surface area (Å²) in [5.74, 6) is 0. The summed E-state index contributed by atoms with van der Waals surface area (Å²) in [5.41, 5.74) is 0.140. The minimum atomic E-state index is -0.525. The fourth-order valence-corrected chi connectivity index (χ4v) is 1.83. The molecule has 1 aliphatic rings. The Morgan fingerprint density at radius 1 is 1.44 bits per heavy atom. The van der Waals surface area contributed by atoms with E-state index in [1.54, 1.807) is 0 Å². The van der Waals surface area contributed by atoms with Gasteiger partial charge in [0, 0.05) is 5.33 Å². The van der Waals surface area contributed by atoms with E-state index in [9.17, 15) is 4.79 Å². The number of rotatable bonds is 2. The predicted octanol–water partition coefficient (Wildman–Crippen LogP) is 3.72. The normalized spacial score (nSPS) is 23.3. The van der Waals surface area contributed by atoms with E-state index < -0.39 is 17.2 Å². The van der Waals surface area contributed by atoms with Crippen LogP contribution in [0.25, 0.3) is 0 Å². The molecular formula is C14H20BrNO2. The van der Waals surface area contributed by atoms with Crippen LogP contribution in [0.15, 0.2) is 36.0 Å². The molecule has 0 heterocycles. The van der Waals surface area contributed by atoms with E-state index in [1.165, 1.54) is 0 Å². The second-order valence-corrected chi connectivity index (χ2v) is 6.04. The lowest BCUT2D eigenvalue weighted by molar-refractivity contribution is 0.0499. The molecule has 0 aromatic carbocycles. The van der Waals surface area contributed by atoms with Crippen molar-refractivity contribution in [2.45, 2.75) is 38.8 Å². The van der Waals surface area contributed by atoms with Crippen LogP contribution < -0.4 is 5.32 Å². The molecule has 0 aromatic rings. The summed E-state index contributed by atoms with van der Waals surface area (Å²) in [4.78, 5) is 11.8. The van der Waals surface area contributed by atoms with Crippen molar-refractivity contribution in [3.63, 3.8) is 0 Å². The molecule has 1 atom stereocenters. The number of halogens is 1. The first-order valence-corrected chi connectivity index (χ1v) is 7.01. The van der Waals surface area contributed by atoms with Crippen LogP contribution in [0.5, 0.6) is 0 Å². The van der Waals surface area contributed by atoms with Gasteiger partial charge < -0.3 is 10.1 Å². The zero-order chi connectivity index (χ0) is 13.8.